The van der Waals surface area contributed by atoms with Crippen molar-refractivity contribution in [2.75, 3.05) is 19.6 Å². The Balaban J connectivity index is 2.24. The second-order valence-corrected chi connectivity index (χ2v) is 4.57. The van der Waals surface area contributed by atoms with E-state index < -0.39 is 0 Å². The molecule has 0 heterocycles. The maximum absolute atomic E-state index is 2.61. The van der Waals surface area contributed by atoms with Gasteiger partial charge < -0.3 is 4.90 Å². The quantitative estimate of drug-likeness (QED) is 0.608. The summed E-state index contributed by atoms with van der Waals surface area (Å²) >= 11 is 0. The molecule has 14 heavy (non-hydrogen) atoms. The van der Waals surface area contributed by atoms with E-state index in [1.165, 1.54) is 58.2 Å². The molecule has 0 bridgehead atoms. The van der Waals surface area contributed by atoms with E-state index in [1.807, 2.05) is 0 Å². The predicted molar refractivity (Wildman–Crippen MR) is 63.3 cm³/mol. The van der Waals surface area contributed by atoms with E-state index in [4.69, 9.17) is 0 Å². The average Bonchev–Trinajstić information content (AvgIpc) is 2.45. The minimum Gasteiger partial charge on any atom is -0.303 e. The summed E-state index contributed by atoms with van der Waals surface area (Å²) in [6.07, 6.45) is 10.9. The third-order valence-corrected chi connectivity index (χ3v) is 3.27. The summed E-state index contributed by atoms with van der Waals surface area (Å²) in [6.45, 7) is 8.41. The van der Waals surface area contributed by atoms with Crippen LogP contribution >= 0.6 is 0 Å². The predicted octanol–water partition coefficient (Wildman–Crippen LogP) is 3.50. The zero-order chi connectivity index (χ0) is 10.2. The Morgan fingerprint density at radius 1 is 1.29 bits per heavy atom. The molecule has 1 aliphatic rings. The van der Waals surface area contributed by atoms with Gasteiger partial charge in [0.25, 0.3) is 0 Å². The molecule has 0 aliphatic heterocycles. The van der Waals surface area contributed by atoms with E-state index >= 15 is 0 Å². The highest BCUT2D eigenvalue weighted by molar-refractivity contribution is 4.77. The summed E-state index contributed by atoms with van der Waals surface area (Å²) in [5.74, 6) is 0.948. The maximum atomic E-state index is 2.61. The largest absolute Gasteiger partial charge is 0.303 e. The lowest BCUT2D eigenvalue weighted by atomic mass is 10.00. The van der Waals surface area contributed by atoms with E-state index in [-0.39, 0.29) is 0 Å². The molecule has 83 valence electrons. The Kier molecular flexibility index (Phi) is 6.25. The molecule has 0 aromatic rings. The molecule has 1 radical (unpaired) electrons. The zero-order valence-corrected chi connectivity index (χ0v) is 9.97. The van der Waals surface area contributed by atoms with Gasteiger partial charge in [-0.3, -0.25) is 0 Å². The molecule has 1 unspecified atom stereocenters. The molecule has 1 fully saturated rings. The molecule has 1 rings (SSSR count). The average molecular weight is 196 g/mol. The third-order valence-electron chi connectivity index (χ3n) is 3.27. The van der Waals surface area contributed by atoms with E-state index in [2.05, 4.69) is 25.2 Å². The number of hydrogen-bond acceptors (Lipinski definition) is 1. The maximum Gasteiger partial charge on any atom is 0.000964 e. The lowest BCUT2D eigenvalue weighted by molar-refractivity contribution is 0.234. The van der Waals surface area contributed by atoms with Gasteiger partial charge in [-0.15, -0.1) is 0 Å². The van der Waals surface area contributed by atoms with E-state index in [1.54, 1.807) is 0 Å². The Morgan fingerprint density at radius 3 is 2.86 bits per heavy atom. The van der Waals surface area contributed by atoms with Gasteiger partial charge in [0.05, 0.1) is 0 Å². The topological polar surface area (TPSA) is 3.24 Å². The smallest absolute Gasteiger partial charge is 0.000964 e. The lowest BCUT2D eigenvalue weighted by Crippen LogP contribution is -2.30. The van der Waals surface area contributed by atoms with Gasteiger partial charge in [0.2, 0.25) is 0 Å². The first-order valence-corrected chi connectivity index (χ1v) is 6.40. The van der Waals surface area contributed by atoms with Gasteiger partial charge in [-0.1, -0.05) is 33.1 Å². The van der Waals surface area contributed by atoms with Gasteiger partial charge in [0.15, 0.2) is 0 Å². The summed E-state index contributed by atoms with van der Waals surface area (Å²) in [4.78, 5) is 2.61. The second kappa shape index (κ2) is 7.28. The zero-order valence-electron chi connectivity index (χ0n) is 9.97. The van der Waals surface area contributed by atoms with Crippen molar-refractivity contribution in [1.82, 2.24) is 4.90 Å². The van der Waals surface area contributed by atoms with E-state index in [9.17, 15) is 0 Å². The SMILES string of the molecule is CCCN(CC)CC1C[CH]CCCC1. The van der Waals surface area contributed by atoms with Gasteiger partial charge in [-0.05, 0) is 44.7 Å². The van der Waals surface area contributed by atoms with Gasteiger partial charge in [-0.2, -0.15) is 0 Å². The molecule has 0 N–H and O–H groups in total. The first-order chi connectivity index (χ1) is 6.86. The molecule has 0 saturated heterocycles. The minimum absolute atomic E-state index is 0.948. The van der Waals surface area contributed by atoms with Crippen LogP contribution in [-0.4, -0.2) is 24.5 Å². The highest BCUT2D eigenvalue weighted by Crippen LogP contribution is 2.22. The highest BCUT2D eigenvalue weighted by atomic mass is 15.1. The molecule has 1 nitrogen and oxygen atoms in total. The fourth-order valence-electron chi connectivity index (χ4n) is 2.42. The molecule has 1 atom stereocenters. The molecule has 1 aliphatic carbocycles. The Labute approximate surface area is 89.9 Å². The Hall–Kier alpha value is -0.0400. The van der Waals surface area contributed by atoms with Gasteiger partial charge in [-0.25, -0.2) is 0 Å². The molecule has 1 heteroatoms. The molecule has 1 saturated carbocycles. The summed E-state index contributed by atoms with van der Waals surface area (Å²) in [7, 11) is 0. The van der Waals surface area contributed by atoms with Crippen molar-refractivity contribution >= 4 is 0 Å². The Morgan fingerprint density at radius 2 is 2.14 bits per heavy atom. The van der Waals surface area contributed by atoms with Crippen LogP contribution in [0.3, 0.4) is 0 Å². The van der Waals surface area contributed by atoms with Crippen LogP contribution in [0.2, 0.25) is 0 Å². The summed E-state index contributed by atoms with van der Waals surface area (Å²) in [5.41, 5.74) is 0. The van der Waals surface area contributed by atoms with Crippen LogP contribution in [0.4, 0.5) is 0 Å². The number of rotatable bonds is 5. The number of hydrogen-bond donors (Lipinski definition) is 0. The molecule has 0 aromatic heterocycles. The van der Waals surface area contributed by atoms with Crippen molar-refractivity contribution in [1.29, 1.82) is 0 Å². The molecular formula is C13H26N. The first kappa shape index (κ1) is 12.0. The molecule has 0 amide bonds. The third kappa shape index (κ3) is 4.45. The monoisotopic (exact) mass is 196 g/mol. The van der Waals surface area contributed by atoms with Crippen molar-refractivity contribution < 1.29 is 0 Å². The Bertz CT molecular complexity index is 125. The van der Waals surface area contributed by atoms with Gasteiger partial charge >= 0.3 is 0 Å². The van der Waals surface area contributed by atoms with Crippen molar-refractivity contribution in [3.05, 3.63) is 6.42 Å². The fourth-order valence-corrected chi connectivity index (χ4v) is 2.42. The summed E-state index contributed by atoms with van der Waals surface area (Å²) in [5, 5.41) is 0. The standard InChI is InChI=1S/C13H26N/c1-3-11-14(4-2)12-13-9-7-5-6-8-10-13/h7,13H,3-6,8-12H2,1-2H3. The van der Waals surface area contributed by atoms with Crippen molar-refractivity contribution in [3.63, 3.8) is 0 Å². The van der Waals surface area contributed by atoms with Crippen molar-refractivity contribution in [2.45, 2.75) is 52.4 Å². The molecule has 0 spiro atoms. The van der Waals surface area contributed by atoms with Crippen LogP contribution in [0.15, 0.2) is 0 Å². The highest BCUT2D eigenvalue weighted by Gasteiger charge is 2.14. The molecular weight excluding hydrogens is 170 g/mol. The van der Waals surface area contributed by atoms with Crippen LogP contribution in [0.1, 0.15) is 52.4 Å². The molecule has 0 aromatic carbocycles. The van der Waals surface area contributed by atoms with Crippen LogP contribution in [0, 0.1) is 12.3 Å². The van der Waals surface area contributed by atoms with Gasteiger partial charge in [0.1, 0.15) is 0 Å². The van der Waals surface area contributed by atoms with E-state index in [0.717, 1.165) is 5.92 Å². The van der Waals surface area contributed by atoms with Crippen LogP contribution < -0.4 is 0 Å². The number of nitrogens with zero attached hydrogens (tertiary/aromatic N) is 1. The van der Waals surface area contributed by atoms with Crippen molar-refractivity contribution in [3.8, 4) is 0 Å². The fraction of sp³-hybridized carbons (Fsp3) is 0.923. The van der Waals surface area contributed by atoms with Gasteiger partial charge in [0, 0.05) is 6.54 Å². The van der Waals surface area contributed by atoms with Crippen LogP contribution in [-0.2, 0) is 0 Å². The summed E-state index contributed by atoms with van der Waals surface area (Å²) in [6, 6.07) is 0. The first-order valence-electron chi connectivity index (χ1n) is 6.40. The lowest BCUT2D eigenvalue weighted by Gasteiger charge is -2.25. The summed E-state index contributed by atoms with van der Waals surface area (Å²) < 4.78 is 0. The van der Waals surface area contributed by atoms with Crippen LogP contribution in [0.5, 0.6) is 0 Å². The normalized spacial score (nSPS) is 19.9. The van der Waals surface area contributed by atoms with E-state index in [0.29, 0.717) is 0 Å². The second-order valence-electron chi connectivity index (χ2n) is 4.57. The minimum atomic E-state index is 0.948. The van der Waals surface area contributed by atoms with Crippen molar-refractivity contribution in [2.24, 2.45) is 5.92 Å². The van der Waals surface area contributed by atoms with Crippen LogP contribution in [0.25, 0.3) is 0 Å².